The largest absolute Gasteiger partial charge is 0.393 e. The molecule has 0 aliphatic carbocycles. The predicted octanol–water partition coefficient (Wildman–Crippen LogP) is 0.323. The molecule has 6 N–H and O–H groups in total. The SMILES string of the molecule is CC(C)C[C@@H](C(=O)N[C@H](C(=O)NC(C)(C)C)C(C)(C)C)[C@](O)(CO)C(=O)NO. The standard InChI is InChI=1S/C19H37N3O6/c1-11(2)9-12(19(27,10-23)16(26)22-28)14(24)20-13(17(3,4)5)15(25)21-18(6,7)8/h11-13,23,27-28H,9-10H2,1-8H3,(H,20,24)(H,21,25)(H,22,26)/t12-,13+,19+/m0/s1. The molecule has 0 bridgehead atoms. The molecule has 3 atom stereocenters. The first-order chi connectivity index (χ1) is 12.5. The number of amides is 3. The van der Waals surface area contributed by atoms with Crippen LogP contribution in [0, 0.1) is 17.3 Å². The first-order valence-electron chi connectivity index (χ1n) is 9.39. The number of hydroxylamine groups is 1. The van der Waals surface area contributed by atoms with Gasteiger partial charge in [0.2, 0.25) is 11.8 Å². The van der Waals surface area contributed by atoms with Gasteiger partial charge in [-0.3, -0.25) is 19.6 Å². The van der Waals surface area contributed by atoms with Crippen LogP contribution in [0.3, 0.4) is 0 Å². The van der Waals surface area contributed by atoms with Crippen molar-refractivity contribution >= 4 is 17.7 Å². The second kappa shape index (κ2) is 9.67. The number of carbonyl (C=O) groups excluding carboxylic acids is 3. The van der Waals surface area contributed by atoms with E-state index in [0.717, 1.165) is 0 Å². The highest BCUT2D eigenvalue weighted by Gasteiger charge is 2.49. The molecule has 0 spiro atoms. The molecule has 9 heteroatoms. The Balaban J connectivity index is 5.90. The van der Waals surface area contributed by atoms with Gasteiger partial charge in [0.25, 0.3) is 5.91 Å². The molecule has 0 fully saturated rings. The molecule has 0 aromatic heterocycles. The van der Waals surface area contributed by atoms with Gasteiger partial charge in [-0.1, -0.05) is 34.6 Å². The lowest BCUT2D eigenvalue weighted by Crippen LogP contribution is -2.62. The number of hydrogen-bond donors (Lipinski definition) is 6. The van der Waals surface area contributed by atoms with Gasteiger partial charge in [0.1, 0.15) is 6.04 Å². The average molecular weight is 404 g/mol. The highest BCUT2D eigenvalue weighted by Crippen LogP contribution is 2.27. The summed E-state index contributed by atoms with van der Waals surface area (Å²) in [4.78, 5) is 37.7. The summed E-state index contributed by atoms with van der Waals surface area (Å²) in [5, 5.41) is 34.6. The van der Waals surface area contributed by atoms with Crippen molar-refractivity contribution < 1.29 is 29.8 Å². The van der Waals surface area contributed by atoms with E-state index in [0.29, 0.717) is 0 Å². The Morgan fingerprint density at radius 2 is 1.46 bits per heavy atom. The number of aliphatic hydroxyl groups is 2. The van der Waals surface area contributed by atoms with E-state index in [1.54, 1.807) is 34.6 Å². The second-order valence-corrected chi connectivity index (χ2v) is 9.75. The van der Waals surface area contributed by atoms with Gasteiger partial charge in [-0.25, -0.2) is 5.48 Å². The van der Waals surface area contributed by atoms with Crippen molar-refractivity contribution in [2.75, 3.05) is 6.61 Å². The van der Waals surface area contributed by atoms with Gasteiger partial charge in [-0.15, -0.1) is 0 Å². The summed E-state index contributed by atoms with van der Waals surface area (Å²) < 4.78 is 0. The maximum Gasteiger partial charge on any atom is 0.278 e. The molecular formula is C19H37N3O6. The first kappa shape index (κ1) is 26.3. The minimum atomic E-state index is -2.54. The Labute approximate surface area is 167 Å². The highest BCUT2D eigenvalue weighted by atomic mass is 16.5. The number of hydrogen-bond acceptors (Lipinski definition) is 6. The van der Waals surface area contributed by atoms with Gasteiger partial charge >= 0.3 is 0 Å². The van der Waals surface area contributed by atoms with Crippen LogP contribution in [0.1, 0.15) is 61.8 Å². The molecule has 28 heavy (non-hydrogen) atoms. The number of nitrogens with one attached hydrogen (secondary N) is 3. The molecule has 0 aliphatic heterocycles. The molecule has 164 valence electrons. The van der Waals surface area contributed by atoms with Crippen LogP contribution < -0.4 is 16.1 Å². The zero-order valence-electron chi connectivity index (χ0n) is 18.2. The highest BCUT2D eigenvalue weighted by molar-refractivity contribution is 5.94. The van der Waals surface area contributed by atoms with E-state index in [-0.39, 0.29) is 12.3 Å². The lowest BCUT2D eigenvalue weighted by Gasteiger charge is -2.37. The first-order valence-corrected chi connectivity index (χ1v) is 9.39. The quantitative estimate of drug-likeness (QED) is 0.254. The number of carbonyl (C=O) groups is 3. The molecule has 0 rings (SSSR count). The molecular weight excluding hydrogens is 366 g/mol. The molecule has 3 amide bonds. The monoisotopic (exact) mass is 403 g/mol. The Kier molecular flexibility index (Phi) is 9.08. The second-order valence-electron chi connectivity index (χ2n) is 9.75. The third-order valence-electron chi connectivity index (χ3n) is 4.25. The van der Waals surface area contributed by atoms with Gasteiger partial charge < -0.3 is 20.8 Å². The van der Waals surface area contributed by atoms with Crippen LogP contribution in [0.5, 0.6) is 0 Å². The lowest BCUT2D eigenvalue weighted by molar-refractivity contribution is -0.167. The predicted molar refractivity (Wildman–Crippen MR) is 104 cm³/mol. The molecule has 0 aromatic rings. The Hall–Kier alpha value is -1.71. The van der Waals surface area contributed by atoms with Crippen LogP contribution in [-0.4, -0.2) is 56.9 Å². The van der Waals surface area contributed by atoms with Crippen LogP contribution in [0.4, 0.5) is 0 Å². The fraction of sp³-hybridized carbons (Fsp3) is 0.842. The number of rotatable bonds is 8. The molecule has 9 nitrogen and oxygen atoms in total. The molecule has 0 saturated carbocycles. The molecule has 0 heterocycles. The zero-order valence-corrected chi connectivity index (χ0v) is 18.2. The maximum atomic E-state index is 13.0. The summed E-state index contributed by atoms with van der Waals surface area (Å²) in [6.45, 7) is 13.2. The summed E-state index contributed by atoms with van der Waals surface area (Å²) in [6, 6.07) is -0.950. The molecule has 0 aromatic carbocycles. The summed E-state index contributed by atoms with van der Waals surface area (Å²) in [5.74, 6) is -3.95. The van der Waals surface area contributed by atoms with Crippen LogP contribution in [0.25, 0.3) is 0 Å². The molecule has 0 aliphatic rings. The van der Waals surface area contributed by atoms with E-state index in [2.05, 4.69) is 10.6 Å². The maximum absolute atomic E-state index is 13.0. The smallest absolute Gasteiger partial charge is 0.278 e. The minimum absolute atomic E-state index is 0.0497. The van der Waals surface area contributed by atoms with Gasteiger partial charge in [0.15, 0.2) is 5.60 Å². The third kappa shape index (κ3) is 7.37. The van der Waals surface area contributed by atoms with Crippen LogP contribution >= 0.6 is 0 Å². The normalized spacial score (nSPS) is 16.7. The Morgan fingerprint density at radius 3 is 1.79 bits per heavy atom. The van der Waals surface area contributed by atoms with Crippen LogP contribution in [-0.2, 0) is 14.4 Å². The zero-order chi connectivity index (χ0) is 22.5. The fourth-order valence-corrected chi connectivity index (χ4v) is 2.79. The topological polar surface area (TPSA) is 148 Å². The van der Waals surface area contributed by atoms with E-state index in [1.807, 2.05) is 20.8 Å². The van der Waals surface area contributed by atoms with Gasteiger partial charge in [-0.2, -0.15) is 0 Å². The average Bonchev–Trinajstić information content (AvgIpc) is 2.52. The number of aliphatic hydroxyl groups excluding tert-OH is 1. The van der Waals surface area contributed by atoms with Crippen LogP contribution in [0.15, 0.2) is 0 Å². The van der Waals surface area contributed by atoms with E-state index < -0.39 is 52.8 Å². The molecule has 0 unspecified atom stereocenters. The van der Waals surface area contributed by atoms with Crippen molar-refractivity contribution in [3.05, 3.63) is 0 Å². The van der Waals surface area contributed by atoms with E-state index in [9.17, 15) is 24.6 Å². The summed E-state index contributed by atoms with van der Waals surface area (Å²) in [5.41, 5.74) is -2.43. The van der Waals surface area contributed by atoms with Crippen molar-refractivity contribution in [2.24, 2.45) is 17.3 Å². The third-order valence-corrected chi connectivity index (χ3v) is 4.25. The van der Waals surface area contributed by atoms with Crippen molar-refractivity contribution in [1.29, 1.82) is 0 Å². The van der Waals surface area contributed by atoms with Crippen molar-refractivity contribution in [3.63, 3.8) is 0 Å². The summed E-state index contributed by atoms with van der Waals surface area (Å²) in [7, 11) is 0. The Bertz CT molecular complexity index is 565. The van der Waals surface area contributed by atoms with Gasteiger partial charge in [0, 0.05) is 5.54 Å². The van der Waals surface area contributed by atoms with E-state index in [1.165, 1.54) is 5.48 Å². The lowest BCUT2D eigenvalue weighted by atomic mass is 9.79. The van der Waals surface area contributed by atoms with E-state index in [4.69, 9.17) is 5.21 Å². The van der Waals surface area contributed by atoms with Crippen molar-refractivity contribution in [2.45, 2.75) is 79.0 Å². The van der Waals surface area contributed by atoms with Crippen molar-refractivity contribution in [1.82, 2.24) is 16.1 Å². The molecule has 0 radical (unpaired) electrons. The van der Waals surface area contributed by atoms with E-state index >= 15 is 0 Å². The van der Waals surface area contributed by atoms with Crippen LogP contribution in [0.2, 0.25) is 0 Å². The summed E-state index contributed by atoms with van der Waals surface area (Å²) >= 11 is 0. The summed E-state index contributed by atoms with van der Waals surface area (Å²) in [6.07, 6.45) is 0.0497. The van der Waals surface area contributed by atoms with Crippen molar-refractivity contribution in [3.8, 4) is 0 Å². The molecule has 0 saturated heterocycles. The van der Waals surface area contributed by atoms with Gasteiger partial charge in [-0.05, 0) is 38.5 Å². The fourth-order valence-electron chi connectivity index (χ4n) is 2.79. The Morgan fingerprint density at radius 1 is 0.964 bits per heavy atom. The van der Waals surface area contributed by atoms with Gasteiger partial charge in [0.05, 0.1) is 12.5 Å². The minimum Gasteiger partial charge on any atom is -0.393 e.